The predicted molar refractivity (Wildman–Crippen MR) is 97.8 cm³/mol. The van der Waals surface area contributed by atoms with Crippen LogP contribution in [-0.2, 0) is 0 Å². The van der Waals surface area contributed by atoms with Gasteiger partial charge in [-0.25, -0.2) is 0 Å². The molecular weight excluding hydrogens is 296 g/mol. The summed E-state index contributed by atoms with van der Waals surface area (Å²) in [5.41, 5.74) is 8.34. The molecule has 3 rings (SSSR count). The van der Waals surface area contributed by atoms with Gasteiger partial charge in [-0.05, 0) is 26.9 Å². The normalized spacial score (nSPS) is 13.2. The highest BCUT2D eigenvalue weighted by atomic mass is 15.5. The van der Waals surface area contributed by atoms with Crippen LogP contribution in [0.2, 0.25) is 0 Å². The maximum absolute atomic E-state index is 9.34. The zero-order chi connectivity index (χ0) is 16.9. The minimum Gasteiger partial charge on any atom is -0.330 e. The molecule has 0 saturated heterocycles. The first-order valence-corrected chi connectivity index (χ1v) is 8.06. The highest BCUT2D eigenvalue weighted by molar-refractivity contribution is 5.83. The van der Waals surface area contributed by atoms with Crippen LogP contribution in [0.3, 0.4) is 0 Å². The number of fused-ring (bicyclic) bond motifs is 1. The number of nitrogens with zero attached hydrogens (tertiary/aromatic N) is 3. The molecule has 0 aliphatic rings. The molecule has 0 saturated carbocycles. The summed E-state index contributed by atoms with van der Waals surface area (Å²) in [7, 11) is 1.77. The van der Waals surface area contributed by atoms with Crippen LogP contribution in [0.1, 0.15) is 23.1 Å². The number of diazo groups is 1. The maximum atomic E-state index is 9.34. The molecule has 0 aromatic heterocycles. The van der Waals surface area contributed by atoms with Crippen LogP contribution in [0.5, 0.6) is 0 Å². The lowest BCUT2D eigenvalue weighted by Crippen LogP contribution is -2.29. The van der Waals surface area contributed by atoms with Crippen molar-refractivity contribution in [1.29, 1.82) is 5.39 Å². The van der Waals surface area contributed by atoms with E-state index in [9.17, 15) is 5.39 Å². The Morgan fingerprint density at radius 3 is 2.25 bits per heavy atom. The Labute approximate surface area is 142 Å². The van der Waals surface area contributed by atoms with E-state index in [0.717, 1.165) is 11.1 Å². The van der Waals surface area contributed by atoms with Crippen LogP contribution in [0.4, 0.5) is 0 Å². The molecule has 2 atom stereocenters. The Morgan fingerprint density at radius 2 is 1.58 bits per heavy atom. The Balaban J connectivity index is 2.07. The van der Waals surface area contributed by atoms with Crippen molar-refractivity contribution >= 4 is 10.8 Å². The van der Waals surface area contributed by atoms with Gasteiger partial charge in [-0.15, -0.1) is 0 Å². The minimum atomic E-state index is -0.137. The van der Waals surface area contributed by atoms with Crippen molar-refractivity contribution in [1.82, 2.24) is 5.01 Å². The molecule has 3 aromatic carbocycles. The second-order valence-corrected chi connectivity index (χ2v) is 5.97. The largest absolute Gasteiger partial charge is 0.330 e. The highest BCUT2D eigenvalue weighted by Crippen LogP contribution is 2.36. The van der Waals surface area contributed by atoms with E-state index in [-0.39, 0.29) is 12.0 Å². The number of hydrogen-bond donors (Lipinski definition) is 1. The molecule has 2 N–H and O–H groups in total. The van der Waals surface area contributed by atoms with Crippen molar-refractivity contribution in [3.8, 4) is 0 Å². The molecule has 0 aliphatic heterocycles. The van der Waals surface area contributed by atoms with Gasteiger partial charge in [0.1, 0.15) is 6.04 Å². The molecular formula is C20H21N4+. The van der Waals surface area contributed by atoms with Gasteiger partial charge in [0.25, 0.3) is 5.39 Å². The van der Waals surface area contributed by atoms with Gasteiger partial charge in [0.05, 0.1) is 7.05 Å². The van der Waals surface area contributed by atoms with Crippen molar-refractivity contribution in [3.63, 3.8) is 0 Å². The molecule has 0 heterocycles. The van der Waals surface area contributed by atoms with E-state index in [1.54, 1.807) is 12.1 Å². The third-order valence-electron chi connectivity index (χ3n) is 4.52. The summed E-state index contributed by atoms with van der Waals surface area (Å²) in [6, 6.07) is 24.6. The minimum absolute atomic E-state index is 0.0120. The number of likely N-dealkylation sites (N-methyl/N-ethyl adjacent to an activating group) is 1. The van der Waals surface area contributed by atoms with Crippen molar-refractivity contribution in [3.05, 3.63) is 89.0 Å². The number of rotatable bonds is 5. The fourth-order valence-electron chi connectivity index (χ4n) is 3.30. The molecule has 0 fully saturated rings. The van der Waals surface area contributed by atoms with Gasteiger partial charge < -0.3 is 5.73 Å². The number of hydrogen-bond acceptors (Lipinski definition) is 3. The summed E-state index contributed by atoms with van der Waals surface area (Å²) in [4.78, 5) is 0. The second-order valence-electron chi connectivity index (χ2n) is 5.97. The van der Waals surface area contributed by atoms with Gasteiger partial charge in [0.2, 0.25) is 0 Å². The van der Waals surface area contributed by atoms with Crippen molar-refractivity contribution < 1.29 is 0 Å². The Kier molecular flexibility index (Phi) is 4.74. The molecule has 4 heteroatoms. The quantitative estimate of drug-likeness (QED) is 0.563. The molecule has 24 heavy (non-hydrogen) atoms. The third-order valence-corrected chi connectivity index (χ3v) is 4.52. The Bertz CT molecular complexity index is 854. The van der Waals surface area contributed by atoms with Crippen LogP contribution in [0, 0.1) is 5.39 Å². The fourth-order valence-corrected chi connectivity index (χ4v) is 3.30. The molecule has 0 amide bonds. The van der Waals surface area contributed by atoms with E-state index in [2.05, 4.69) is 35.4 Å². The lowest BCUT2D eigenvalue weighted by Gasteiger charge is -2.25. The van der Waals surface area contributed by atoms with E-state index < -0.39 is 0 Å². The summed E-state index contributed by atoms with van der Waals surface area (Å²) in [6.07, 6.45) is 0. The van der Waals surface area contributed by atoms with E-state index >= 15 is 0 Å². The highest BCUT2D eigenvalue weighted by Gasteiger charge is 2.33. The van der Waals surface area contributed by atoms with E-state index in [0.29, 0.717) is 6.54 Å². The SMILES string of the molecule is CN([N+]#N)[C@@H](c1ccccc1)[C@@H](CN)c1ccc2ccccc2c1. The van der Waals surface area contributed by atoms with Gasteiger partial charge in [-0.2, -0.15) is 0 Å². The van der Waals surface area contributed by atoms with Crippen LogP contribution >= 0.6 is 0 Å². The van der Waals surface area contributed by atoms with Gasteiger partial charge in [0, 0.05) is 12.5 Å². The van der Waals surface area contributed by atoms with Gasteiger partial charge in [-0.1, -0.05) is 72.8 Å². The van der Waals surface area contributed by atoms with Crippen molar-refractivity contribution in [2.24, 2.45) is 5.73 Å². The molecule has 0 spiro atoms. The lowest BCUT2D eigenvalue weighted by molar-refractivity contribution is 0.280. The average molecular weight is 317 g/mol. The maximum Gasteiger partial charge on any atom is 0.305 e. The summed E-state index contributed by atoms with van der Waals surface area (Å²) in [6.45, 7) is 0.456. The van der Waals surface area contributed by atoms with Crippen LogP contribution < -0.4 is 5.73 Å². The number of nitrogens with two attached hydrogens (primary N) is 1. The van der Waals surface area contributed by atoms with E-state index in [1.165, 1.54) is 10.8 Å². The molecule has 0 unspecified atom stereocenters. The van der Waals surface area contributed by atoms with Crippen molar-refractivity contribution in [2.75, 3.05) is 13.6 Å². The van der Waals surface area contributed by atoms with Crippen LogP contribution in [0.25, 0.3) is 15.9 Å². The Morgan fingerprint density at radius 1 is 0.917 bits per heavy atom. The first-order chi connectivity index (χ1) is 11.7. The second kappa shape index (κ2) is 7.12. The molecule has 120 valence electrons. The molecule has 3 aromatic rings. The Hall–Kier alpha value is -2.90. The molecule has 0 bridgehead atoms. The summed E-state index contributed by atoms with van der Waals surface area (Å²) < 4.78 is 0. The topological polar surface area (TPSA) is 57.4 Å². The van der Waals surface area contributed by atoms with Crippen LogP contribution in [-0.4, -0.2) is 18.6 Å². The zero-order valence-corrected chi connectivity index (χ0v) is 13.7. The smallest absolute Gasteiger partial charge is 0.305 e. The first kappa shape index (κ1) is 16.0. The zero-order valence-electron chi connectivity index (χ0n) is 13.7. The standard InChI is InChI=1S/C20H21N4/c1-24(23-22)20(16-8-3-2-4-9-16)19(14-21)18-12-11-15-7-5-6-10-17(15)13-18/h2-13,19-20H,14,21H2,1H3/q+1/t19-,20-/m0/s1. The number of benzene rings is 3. The van der Waals surface area contributed by atoms with E-state index in [4.69, 9.17) is 5.73 Å². The summed E-state index contributed by atoms with van der Waals surface area (Å²) in [5.74, 6) is 0.0120. The molecule has 0 radical (unpaired) electrons. The van der Waals surface area contributed by atoms with Gasteiger partial charge in [0.15, 0.2) is 0 Å². The predicted octanol–water partition coefficient (Wildman–Crippen LogP) is 4.32. The van der Waals surface area contributed by atoms with Gasteiger partial charge >= 0.3 is 5.08 Å². The summed E-state index contributed by atoms with van der Waals surface area (Å²) in [5, 5.41) is 16.7. The summed E-state index contributed by atoms with van der Waals surface area (Å²) >= 11 is 0. The molecule has 0 aliphatic carbocycles. The fraction of sp³-hybridized carbons (Fsp3) is 0.200. The van der Waals surface area contributed by atoms with Crippen LogP contribution in [0.15, 0.2) is 72.8 Å². The monoisotopic (exact) mass is 317 g/mol. The third kappa shape index (κ3) is 3.08. The van der Waals surface area contributed by atoms with Crippen molar-refractivity contribution in [2.45, 2.75) is 12.0 Å². The molecule has 4 nitrogen and oxygen atoms in total. The first-order valence-electron chi connectivity index (χ1n) is 8.06. The average Bonchev–Trinajstić information content (AvgIpc) is 2.65. The van der Waals surface area contributed by atoms with E-state index in [1.807, 2.05) is 42.5 Å². The lowest BCUT2D eigenvalue weighted by atomic mass is 9.86. The van der Waals surface area contributed by atoms with Gasteiger partial charge in [-0.3, -0.25) is 0 Å².